The van der Waals surface area contributed by atoms with Crippen molar-refractivity contribution in [2.24, 2.45) is 0 Å². The van der Waals surface area contributed by atoms with Gasteiger partial charge in [0.2, 0.25) is 0 Å². The number of ether oxygens (including phenoxy) is 2. The van der Waals surface area contributed by atoms with Gasteiger partial charge in [-0.05, 0) is 52.0 Å². The van der Waals surface area contributed by atoms with Crippen LogP contribution in [0.5, 0.6) is 0 Å². The van der Waals surface area contributed by atoms with Crippen molar-refractivity contribution in [2.75, 3.05) is 32.7 Å². The number of amides is 2. The normalized spacial score (nSPS) is 24.6. The molecular formula is C24H36FN3O4. The SMILES string of the molecule is CC(C)(C)OC(=O)N[C@H]1CC[C@@](F)(CN2CCN(C(=O)OCc3ccccc3)CC2)CC1. The predicted octanol–water partition coefficient (Wildman–Crippen LogP) is 4.12. The number of nitrogens with zero attached hydrogens (tertiary/aromatic N) is 2. The summed E-state index contributed by atoms with van der Waals surface area (Å²) in [6.45, 7) is 8.41. The van der Waals surface area contributed by atoms with Crippen molar-refractivity contribution in [3.05, 3.63) is 35.9 Å². The number of alkyl carbamates (subject to hydrolysis) is 1. The van der Waals surface area contributed by atoms with E-state index in [4.69, 9.17) is 9.47 Å². The highest BCUT2D eigenvalue weighted by Crippen LogP contribution is 2.33. The first-order valence-electron chi connectivity index (χ1n) is 11.5. The minimum absolute atomic E-state index is 0.0510. The maximum absolute atomic E-state index is 15.4. The molecule has 32 heavy (non-hydrogen) atoms. The standard InChI is InChI=1S/C24H36FN3O4/c1-23(2,3)32-21(29)26-20-9-11-24(25,12-10-20)18-27-13-15-28(16-14-27)22(30)31-17-19-7-5-4-6-8-19/h4-8,20H,9-18H2,1-3H3,(H,26,29)/t20-,24-. The van der Waals surface area contributed by atoms with E-state index < -0.39 is 17.4 Å². The zero-order chi connectivity index (χ0) is 23.2. The van der Waals surface area contributed by atoms with E-state index in [0.717, 1.165) is 5.56 Å². The maximum atomic E-state index is 15.4. The average molecular weight is 450 g/mol. The molecule has 178 valence electrons. The van der Waals surface area contributed by atoms with Gasteiger partial charge in [0.25, 0.3) is 0 Å². The predicted molar refractivity (Wildman–Crippen MR) is 120 cm³/mol. The van der Waals surface area contributed by atoms with E-state index in [-0.39, 0.29) is 18.7 Å². The summed E-state index contributed by atoms with van der Waals surface area (Å²) in [6.07, 6.45) is 1.25. The fraction of sp³-hybridized carbons (Fsp3) is 0.667. The van der Waals surface area contributed by atoms with Crippen LogP contribution in [0.15, 0.2) is 30.3 Å². The molecule has 1 saturated heterocycles. The topological polar surface area (TPSA) is 71.1 Å². The first-order chi connectivity index (χ1) is 15.1. The lowest BCUT2D eigenvalue weighted by Crippen LogP contribution is -2.53. The third-order valence-electron chi connectivity index (χ3n) is 5.95. The second-order valence-corrected chi connectivity index (χ2v) is 9.87. The van der Waals surface area contributed by atoms with Gasteiger partial charge in [-0.15, -0.1) is 0 Å². The Hall–Kier alpha value is -2.35. The molecule has 1 aliphatic heterocycles. The van der Waals surface area contributed by atoms with E-state index in [1.807, 2.05) is 51.1 Å². The number of nitrogens with one attached hydrogen (secondary N) is 1. The molecule has 2 amide bonds. The number of carbonyl (C=O) groups excluding carboxylic acids is 2. The molecule has 0 unspecified atom stereocenters. The molecular weight excluding hydrogens is 413 g/mol. The maximum Gasteiger partial charge on any atom is 0.410 e. The Kier molecular flexibility index (Phi) is 7.98. The number of hydrogen-bond acceptors (Lipinski definition) is 5. The van der Waals surface area contributed by atoms with Gasteiger partial charge in [0.05, 0.1) is 0 Å². The highest BCUT2D eigenvalue weighted by atomic mass is 19.1. The smallest absolute Gasteiger partial charge is 0.410 e. The Balaban J connectivity index is 1.36. The summed E-state index contributed by atoms with van der Waals surface area (Å²) in [4.78, 5) is 28.0. The van der Waals surface area contributed by atoms with E-state index in [2.05, 4.69) is 10.2 Å². The second-order valence-electron chi connectivity index (χ2n) is 9.87. The second kappa shape index (κ2) is 10.5. The summed E-state index contributed by atoms with van der Waals surface area (Å²) in [5.41, 5.74) is -0.850. The van der Waals surface area contributed by atoms with Crippen LogP contribution in [0.1, 0.15) is 52.0 Å². The highest BCUT2D eigenvalue weighted by Gasteiger charge is 2.38. The highest BCUT2D eigenvalue weighted by molar-refractivity contribution is 5.68. The molecule has 3 rings (SSSR count). The summed E-state index contributed by atoms with van der Waals surface area (Å²) in [5, 5.41) is 2.86. The number of piperazine rings is 1. The van der Waals surface area contributed by atoms with Crippen LogP contribution >= 0.6 is 0 Å². The Morgan fingerprint density at radius 2 is 1.72 bits per heavy atom. The van der Waals surface area contributed by atoms with Gasteiger partial charge < -0.3 is 19.7 Å². The number of halogens is 1. The van der Waals surface area contributed by atoms with Gasteiger partial charge in [0, 0.05) is 38.8 Å². The van der Waals surface area contributed by atoms with Crippen molar-refractivity contribution in [1.29, 1.82) is 0 Å². The van der Waals surface area contributed by atoms with E-state index in [1.54, 1.807) is 4.90 Å². The zero-order valence-corrected chi connectivity index (χ0v) is 19.4. The first-order valence-corrected chi connectivity index (χ1v) is 11.5. The van der Waals surface area contributed by atoms with Crippen LogP contribution in [0.25, 0.3) is 0 Å². The molecule has 0 atom stereocenters. The van der Waals surface area contributed by atoms with Crippen molar-refractivity contribution in [1.82, 2.24) is 15.1 Å². The van der Waals surface area contributed by atoms with Crippen LogP contribution in [-0.4, -0.2) is 72.0 Å². The Morgan fingerprint density at radius 3 is 2.31 bits per heavy atom. The fourth-order valence-electron chi connectivity index (χ4n) is 4.21. The zero-order valence-electron chi connectivity index (χ0n) is 19.4. The summed E-state index contributed by atoms with van der Waals surface area (Å²) in [5.74, 6) is 0. The molecule has 1 saturated carbocycles. The summed E-state index contributed by atoms with van der Waals surface area (Å²) in [6, 6.07) is 9.54. The Morgan fingerprint density at radius 1 is 1.09 bits per heavy atom. The summed E-state index contributed by atoms with van der Waals surface area (Å²) in [7, 11) is 0. The molecule has 2 aliphatic rings. The van der Waals surface area contributed by atoms with Crippen molar-refractivity contribution < 1.29 is 23.5 Å². The number of alkyl halides is 1. The molecule has 1 N–H and O–H groups in total. The lowest BCUT2D eigenvalue weighted by molar-refractivity contribution is 0.0177. The van der Waals surface area contributed by atoms with Crippen molar-refractivity contribution in [3.8, 4) is 0 Å². The molecule has 1 aromatic rings. The van der Waals surface area contributed by atoms with Gasteiger partial charge in [-0.2, -0.15) is 0 Å². The van der Waals surface area contributed by atoms with Gasteiger partial charge in [-0.25, -0.2) is 14.0 Å². The van der Waals surface area contributed by atoms with E-state index >= 15 is 4.39 Å². The van der Waals surface area contributed by atoms with Gasteiger partial charge in [-0.1, -0.05) is 30.3 Å². The average Bonchev–Trinajstić information content (AvgIpc) is 2.74. The van der Waals surface area contributed by atoms with Gasteiger partial charge in [-0.3, -0.25) is 4.90 Å². The first kappa shape index (κ1) is 24.3. The molecule has 1 heterocycles. The number of hydrogen-bond donors (Lipinski definition) is 1. The lowest BCUT2D eigenvalue weighted by Gasteiger charge is -2.40. The molecule has 1 aromatic carbocycles. The van der Waals surface area contributed by atoms with Crippen LogP contribution < -0.4 is 5.32 Å². The molecule has 0 aromatic heterocycles. The van der Waals surface area contributed by atoms with Crippen LogP contribution in [0, 0.1) is 0 Å². The molecule has 7 nitrogen and oxygen atoms in total. The summed E-state index contributed by atoms with van der Waals surface area (Å²) >= 11 is 0. The van der Waals surface area contributed by atoms with Gasteiger partial charge >= 0.3 is 12.2 Å². The quantitative estimate of drug-likeness (QED) is 0.732. The Labute approximate surface area is 190 Å². The van der Waals surface area contributed by atoms with Gasteiger partial charge in [0.1, 0.15) is 17.9 Å². The molecule has 0 spiro atoms. The van der Waals surface area contributed by atoms with Crippen LogP contribution in [-0.2, 0) is 16.1 Å². The minimum atomic E-state index is -1.26. The van der Waals surface area contributed by atoms with E-state index in [1.165, 1.54) is 0 Å². The van der Waals surface area contributed by atoms with Gasteiger partial charge in [0.15, 0.2) is 0 Å². The largest absolute Gasteiger partial charge is 0.445 e. The molecule has 1 aliphatic carbocycles. The van der Waals surface area contributed by atoms with E-state index in [9.17, 15) is 9.59 Å². The lowest BCUT2D eigenvalue weighted by atomic mass is 9.83. The number of carbonyl (C=O) groups is 2. The Bertz CT molecular complexity index is 752. The summed E-state index contributed by atoms with van der Waals surface area (Å²) < 4.78 is 26.1. The van der Waals surface area contributed by atoms with Crippen LogP contribution in [0.4, 0.5) is 14.0 Å². The molecule has 0 bridgehead atoms. The molecule has 2 fully saturated rings. The van der Waals surface area contributed by atoms with Crippen molar-refractivity contribution >= 4 is 12.2 Å². The minimum Gasteiger partial charge on any atom is -0.445 e. The third-order valence-corrected chi connectivity index (χ3v) is 5.95. The van der Waals surface area contributed by atoms with Crippen molar-refractivity contribution in [2.45, 2.75) is 70.4 Å². The number of benzene rings is 1. The monoisotopic (exact) mass is 449 g/mol. The molecule has 8 heteroatoms. The number of rotatable bonds is 5. The third kappa shape index (κ3) is 7.65. The van der Waals surface area contributed by atoms with Crippen molar-refractivity contribution in [3.63, 3.8) is 0 Å². The van der Waals surface area contributed by atoms with Crippen LogP contribution in [0.3, 0.4) is 0 Å². The van der Waals surface area contributed by atoms with E-state index in [0.29, 0.717) is 58.4 Å². The fourth-order valence-corrected chi connectivity index (χ4v) is 4.21. The van der Waals surface area contributed by atoms with Crippen LogP contribution in [0.2, 0.25) is 0 Å². The molecule has 0 radical (unpaired) electrons.